The quantitative estimate of drug-likeness (QED) is 0.856. The minimum atomic E-state index is -0.797. The van der Waals surface area contributed by atoms with E-state index in [2.05, 4.69) is 27.7 Å². The minimum absolute atomic E-state index is 0.688. The number of aryl methyl sites for hydroxylation is 2. The molecule has 0 spiro atoms. The normalized spacial score (nSPS) is 14.4. The van der Waals surface area contributed by atoms with Crippen molar-refractivity contribution in [2.75, 3.05) is 0 Å². The highest BCUT2D eigenvalue weighted by Gasteiger charge is 2.23. The minimum Gasteiger partial charge on any atom is -0.385 e. The van der Waals surface area contributed by atoms with E-state index < -0.39 is 5.60 Å². The van der Waals surface area contributed by atoms with Crippen molar-refractivity contribution in [1.82, 2.24) is 9.78 Å². The molecule has 1 aromatic heterocycles. The maximum Gasteiger partial charge on any atom is 0.0872 e. The summed E-state index contributed by atoms with van der Waals surface area (Å²) in [7, 11) is 1.93. The van der Waals surface area contributed by atoms with Crippen LogP contribution in [0.25, 0.3) is 0 Å². The number of rotatable bonds is 4. The summed E-state index contributed by atoms with van der Waals surface area (Å²) in [6.07, 6.45) is 3.29. The summed E-state index contributed by atoms with van der Waals surface area (Å²) in [4.78, 5) is 0. The van der Waals surface area contributed by atoms with Crippen molar-refractivity contribution in [2.24, 2.45) is 7.05 Å². The predicted octanol–water partition coefficient (Wildman–Crippen LogP) is 2.87. The van der Waals surface area contributed by atoms with Gasteiger partial charge in [0.2, 0.25) is 0 Å². The third-order valence-electron chi connectivity index (χ3n) is 3.26. The Morgan fingerprint density at radius 2 is 1.94 bits per heavy atom. The van der Waals surface area contributed by atoms with Gasteiger partial charge in [0, 0.05) is 22.5 Å². The zero-order valence-electron chi connectivity index (χ0n) is 10.6. The molecule has 0 saturated heterocycles. The fourth-order valence-electron chi connectivity index (χ4n) is 1.97. The van der Waals surface area contributed by atoms with E-state index in [0.29, 0.717) is 6.42 Å². The molecular weight excluding hydrogens is 339 g/mol. The summed E-state index contributed by atoms with van der Waals surface area (Å²) in [5.74, 6) is 0. The molecule has 1 heterocycles. The standard InChI is InChI=1S/C14H17IN2O/c1-14(18,11-3-5-12(15)6-4-11)9-7-13-8-10-16-17(13)2/h3-6,8,10,18H,7,9H2,1-2H3. The molecule has 0 aliphatic heterocycles. The van der Waals surface area contributed by atoms with Crippen molar-refractivity contribution in [2.45, 2.75) is 25.4 Å². The van der Waals surface area contributed by atoms with Gasteiger partial charge in [0.25, 0.3) is 0 Å². The second-order valence-electron chi connectivity index (χ2n) is 4.73. The molecule has 3 nitrogen and oxygen atoms in total. The molecule has 96 valence electrons. The van der Waals surface area contributed by atoms with Gasteiger partial charge < -0.3 is 5.11 Å². The van der Waals surface area contributed by atoms with E-state index >= 15 is 0 Å². The summed E-state index contributed by atoms with van der Waals surface area (Å²) in [6.45, 7) is 1.87. The first kappa shape index (κ1) is 13.5. The van der Waals surface area contributed by atoms with Crippen molar-refractivity contribution in [3.63, 3.8) is 0 Å². The average molecular weight is 356 g/mol. The first-order chi connectivity index (χ1) is 8.49. The lowest BCUT2D eigenvalue weighted by atomic mass is 9.90. The molecule has 0 aliphatic rings. The van der Waals surface area contributed by atoms with Crippen molar-refractivity contribution < 1.29 is 5.11 Å². The van der Waals surface area contributed by atoms with Crippen LogP contribution in [0.4, 0.5) is 0 Å². The Morgan fingerprint density at radius 3 is 2.50 bits per heavy atom. The average Bonchev–Trinajstić information content (AvgIpc) is 2.73. The fraction of sp³-hybridized carbons (Fsp3) is 0.357. The van der Waals surface area contributed by atoms with E-state index in [1.807, 2.05) is 49.0 Å². The molecule has 1 unspecified atom stereocenters. The largest absolute Gasteiger partial charge is 0.385 e. The number of halogens is 1. The second kappa shape index (κ2) is 5.40. The summed E-state index contributed by atoms with van der Waals surface area (Å²) in [5.41, 5.74) is 1.31. The number of hydrogen-bond donors (Lipinski definition) is 1. The number of aromatic nitrogens is 2. The van der Waals surface area contributed by atoms with E-state index in [9.17, 15) is 5.11 Å². The van der Waals surface area contributed by atoms with Crippen molar-refractivity contribution in [3.8, 4) is 0 Å². The number of nitrogens with zero attached hydrogens (tertiary/aromatic N) is 2. The molecule has 0 bridgehead atoms. The third-order valence-corrected chi connectivity index (χ3v) is 3.98. The predicted molar refractivity (Wildman–Crippen MR) is 80.3 cm³/mol. The lowest BCUT2D eigenvalue weighted by Crippen LogP contribution is -2.22. The summed E-state index contributed by atoms with van der Waals surface area (Å²) in [6, 6.07) is 10.0. The van der Waals surface area contributed by atoms with Gasteiger partial charge in [0.1, 0.15) is 0 Å². The maximum atomic E-state index is 10.5. The van der Waals surface area contributed by atoms with Crippen LogP contribution in [0, 0.1) is 3.57 Å². The lowest BCUT2D eigenvalue weighted by Gasteiger charge is -2.24. The summed E-state index contributed by atoms with van der Waals surface area (Å²) >= 11 is 2.27. The van der Waals surface area contributed by atoms with Crippen molar-refractivity contribution in [3.05, 3.63) is 51.4 Å². The van der Waals surface area contributed by atoms with Crippen LogP contribution >= 0.6 is 22.6 Å². The first-order valence-corrected chi connectivity index (χ1v) is 7.02. The molecule has 2 aromatic rings. The van der Waals surface area contributed by atoms with Gasteiger partial charge in [0.05, 0.1) is 5.60 Å². The lowest BCUT2D eigenvalue weighted by molar-refractivity contribution is 0.0475. The van der Waals surface area contributed by atoms with Crippen LogP contribution in [0.1, 0.15) is 24.6 Å². The Labute approximate surface area is 121 Å². The second-order valence-corrected chi connectivity index (χ2v) is 5.97. The molecule has 0 fully saturated rings. The molecular formula is C14H17IN2O. The molecule has 0 aliphatic carbocycles. The van der Waals surface area contributed by atoms with Crippen LogP contribution in [0.5, 0.6) is 0 Å². The highest BCUT2D eigenvalue weighted by Crippen LogP contribution is 2.26. The Bertz CT molecular complexity index is 517. The Morgan fingerprint density at radius 1 is 1.28 bits per heavy atom. The Balaban J connectivity index is 2.07. The van der Waals surface area contributed by atoms with Gasteiger partial charge in [-0.15, -0.1) is 0 Å². The van der Waals surface area contributed by atoms with Gasteiger partial charge >= 0.3 is 0 Å². The van der Waals surface area contributed by atoms with E-state index in [1.165, 1.54) is 3.57 Å². The first-order valence-electron chi connectivity index (χ1n) is 5.94. The third kappa shape index (κ3) is 3.11. The van der Waals surface area contributed by atoms with Crippen molar-refractivity contribution in [1.29, 1.82) is 0 Å². The zero-order chi connectivity index (χ0) is 13.2. The highest BCUT2D eigenvalue weighted by molar-refractivity contribution is 14.1. The van der Waals surface area contributed by atoms with Crippen LogP contribution in [0.15, 0.2) is 36.5 Å². The van der Waals surface area contributed by atoms with E-state index in [1.54, 1.807) is 6.20 Å². The van der Waals surface area contributed by atoms with E-state index in [-0.39, 0.29) is 0 Å². The topological polar surface area (TPSA) is 38.0 Å². The number of benzene rings is 1. The molecule has 1 N–H and O–H groups in total. The van der Waals surface area contributed by atoms with Crippen LogP contribution in [0.3, 0.4) is 0 Å². The van der Waals surface area contributed by atoms with Gasteiger partial charge in [-0.2, -0.15) is 5.10 Å². The Hall–Kier alpha value is -0.880. The monoisotopic (exact) mass is 356 g/mol. The van der Waals surface area contributed by atoms with Crippen LogP contribution in [0.2, 0.25) is 0 Å². The van der Waals surface area contributed by atoms with Crippen molar-refractivity contribution >= 4 is 22.6 Å². The van der Waals surface area contributed by atoms with Gasteiger partial charge in [-0.05, 0) is 66.1 Å². The molecule has 1 atom stereocenters. The van der Waals surface area contributed by atoms with E-state index in [4.69, 9.17) is 0 Å². The summed E-state index contributed by atoms with van der Waals surface area (Å²) < 4.78 is 3.03. The molecule has 0 saturated carbocycles. The summed E-state index contributed by atoms with van der Waals surface area (Å²) in [5, 5.41) is 14.7. The molecule has 0 amide bonds. The molecule has 0 radical (unpaired) electrons. The maximum absolute atomic E-state index is 10.5. The fourth-order valence-corrected chi connectivity index (χ4v) is 2.33. The Kier molecular flexibility index (Phi) is 4.07. The highest BCUT2D eigenvalue weighted by atomic mass is 127. The van der Waals surface area contributed by atoms with E-state index in [0.717, 1.165) is 17.7 Å². The molecule has 18 heavy (non-hydrogen) atoms. The number of aliphatic hydroxyl groups is 1. The molecule has 4 heteroatoms. The van der Waals surface area contributed by atoms with Gasteiger partial charge in [-0.25, -0.2) is 0 Å². The molecule has 1 aromatic carbocycles. The van der Waals surface area contributed by atoms with Crippen LogP contribution < -0.4 is 0 Å². The smallest absolute Gasteiger partial charge is 0.0872 e. The van der Waals surface area contributed by atoms with Crippen LogP contribution in [-0.2, 0) is 19.1 Å². The van der Waals surface area contributed by atoms with Gasteiger partial charge in [0.15, 0.2) is 0 Å². The SMILES string of the molecule is Cn1nccc1CCC(C)(O)c1ccc(I)cc1. The molecule has 2 rings (SSSR count). The van der Waals surface area contributed by atoms with Gasteiger partial charge in [-0.1, -0.05) is 12.1 Å². The van der Waals surface area contributed by atoms with Gasteiger partial charge in [-0.3, -0.25) is 4.68 Å². The number of hydrogen-bond acceptors (Lipinski definition) is 2. The van der Waals surface area contributed by atoms with Crippen LogP contribution in [-0.4, -0.2) is 14.9 Å². The zero-order valence-corrected chi connectivity index (χ0v) is 12.8.